The van der Waals surface area contributed by atoms with Crippen LogP contribution < -0.4 is 5.32 Å². The van der Waals surface area contributed by atoms with E-state index in [2.05, 4.69) is 15.3 Å². The summed E-state index contributed by atoms with van der Waals surface area (Å²) in [6, 6.07) is 0.0370. The third-order valence-electron chi connectivity index (χ3n) is 3.59. The van der Waals surface area contributed by atoms with Crippen LogP contribution in [0.4, 0.5) is 5.95 Å². The van der Waals surface area contributed by atoms with Crippen molar-refractivity contribution in [1.29, 1.82) is 0 Å². The lowest BCUT2D eigenvalue weighted by Crippen LogP contribution is -2.44. The predicted molar refractivity (Wildman–Crippen MR) is 79.4 cm³/mol. The molecule has 2 N–H and O–H groups in total. The molecule has 1 aromatic rings. The molecule has 1 aliphatic rings. The number of hydrogen-bond donors (Lipinski definition) is 2. The molecule has 1 aromatic heterocycles. The lowest BCUT2D eigenvalue weighted by atomic mass is 9.93. The van der Waals surface area contributed by atoms with E-state index >= 15 is 0 Å². The number of anilines is 1. The summed E-state index contributed by atoms with van der Waals surface area (Å²) in [7, 11) is -3.60. The second-order valence-corrected chi connectivity index (χ2v) is 6.94. The van der Waals surface area contributed by atoms with Crippen LogP contribution in [0, 0.1) is 0 Å². The standard InChI is InChI=1S/C13H22N4O3S/c1-2-14-13-15-9-12(10-16-13)21(19,20)17(7-4-8-18)11-5-3-6-11/h9-11,18H,2-8H2,1H3,(H,14,15,16). The zero-order valence-electron chi connectivity index (χ0n) is 12.2. The highest BCUT2D eigenvalue weighted by Crippen LogP contribution is 2.29. The van der Waals surface area contributed by atoms with Crippen LogP contribution in [0.25, 0.3) is 0 Å². The number of aromatic nitrogens is 2. The molecule has 0 amide bonds. The van der Waals surface area contributed by atoms with Gasteiger partial charge in [0, 0.05) is 25.7 Å². The first-order valence-corrected chi connectivity index (χ1v) is 8.72. The Labute approximate surface area is 125 Å². The maximum absolute atomic E-state index is 12.7. The van der Waals surface area contributed by atoms with Crippen LogP contribution in [-0.2, 0) is 10.0 Å². The van der Waals surface area contributed by atoms with Gasteiger partial charge in [0.05, 0.1) is 12.4 Å². The number of aliphatic hydroxyl groups excluding tert-OH is 1. The van der Waals surface area contributed by atoms with Gasteiger partial charge in [-0.2, -0.15) is 4.31 Å². The van der Waals surface area contributed by atoms with Gasteiger partial charge in [0.2, 0.25) is 16.0 Å². The molecule has 8 heteroatoms. The molecule has 7 nitrogen and oxygen atoms in total. The zero-order chi connectivity index (χ0) is 15.3. The summed E-state index contributed by atoms with van der Waals surface area (Å²) in [4.78, 5) is 8.15. The fourth-order valence-corrected chi connectivity index (χ4v) is 3.85. The lowest BCUT2D eigenvalue weighted by Gasteiger charge is -2.36. The van der Waals surface area contributed by atoms with Crippen molar-refractivity contribution in [3.63, 3.8) is 0 Å². The summed E-state index contributed by atoms with van der Waals surface area (Å²) in [5.41, 5.74) is 0. The van der Waals surface area contributed by atoms with Gasteiger partial charge in [-0.15, -0.1) is 0 Å². The van der Waals surface area contributed by atoms with Gasteiger partial charge >= 0.3 is 0 Å². The minimum absolute atomic E-state index is 0.0192. The highest BCUT2D eigenvalue weighted by Gasteiger charge is 2.34. The molecule has 1 fully saturated rings. The Kier molecular flexibility index (Phi) is 5.49. The van der Waals surface area contributed by atoms with Crippen molar-refractivity contribution in [2.24, 2.45) is 0 Å². The quantitative estimate of drug-likeness (QED) is 0.738. The SMILES string of the molecule is CCNc1ncc(S(=O)(=O)N(CCCO)C2CCC2)cn1. The molecule has 0 spiro atoms. The summed E-state index contributed by atoms with van der Waals surface area (Å²) >= 11 is 0. The van der Waals surface area contributed by atoms with E-state index < -0.39 is 10.0 Å². The van der Waals surface area contributed by atoms with Crippen LogP contribution in [-0.4, -0.2) is 53.5 Å². The normalized spacial score (nSPS) is 16.0. The van der Waals surface area contributed by atoms with Gasteiger partial charge in [-0.25, -0.2) is 18.4 Å². The molecule has 1 saturated carbocycles. The van der Waals surface area contributed by atoms with E-state index in [4.69, 9.17) is 5.11 Å². The topological polar surface area (TPSA) is 95.4 Å². The van der Waals surface area contributed by atoms with Gasteiger partial charge in [-0.3, -0.25) is 0 Å². The highest BCUT2D eigenvalue weighted by atomic mass is 32.2. The highest BCUT2D eigenvalue weighted by molar-refractivity contribution is 7.89. The predicted octanol–water partition coefficient (Wildman–Crippen LogP) is 0.834. The van der Waals surface area contributed by atoms with Crippen LogP contribution in [0.2, 0.25) is 0 Å². The van der Waals surface area contributed by atoms with Crippen molar-refractivity contribution in [3.05, 3.63) is 12.4 Å². The summed E-state index contributed by atoms with van der Waals surface area (Å²) < 4.78 is 26.9. The van der Waals surface area contributed by atoms with Gasteiger partial charge in [-0.1, -0.05) is 6.42 Å². The van der Waals surface area contributed by atoms with Crippen LogP contribution in [0.15, 0.2) is 17.3 Å². The molecular weight excluding hydrogens is 292 g/mol. The third-order valence-corrected chi connectivity index (χ3v) is 5.49. The maximum Gasteiger partial charge on any atom is 0.246 e. The number of nitrogens with zero attached hydrogens (tertiary/aromatic N) is 3. The van der Waals surface area contributed by atoms with E-state index in [1.807, 2.05) is 6.92 Å². The fourth-order valence-electron chi connectivity index (χ4n) is 2.23. The van der Waals surface area contributed by atoms with Gasteiger partial charge in [0.1, 0.15) is 4.90 Å². The van der Waals surface area contributed by atoms with E-state index in [0.29, 0.717) is 25.5 Å². The number of aliphatic hydroxyl groups is 1. The molecule has 0 aromatic carbocycles. The third kappa shape index (κ3) is 3.69. The average Bonchev–Trinajstić information content (AvgIpc) is 2.42. The van der Waals surface area contributed by atoms with Crippen molar-refractivity contribution < 1.29 is 13.5 Å². The van der Waals surface area contributed by atoms with Gasteiger partial charge < -0.3 is 10.4 Å². The Morgan fingerprint density at radius 1 is 1.38 bits per heavy atom. The average molecular weight is 314 g/mol. The van der Waals surface area contributed by atoms with Crippen molar-refractivity contribution in [2.75, 3.05) is 25.0 Å². The molecular formula is C13H22N4O3S. The summed E-state index contributed by atoms with van der Waals surface area (Å²) in [5, 5.41) is 11.9. The molecule has 1 heterocycles. The van der Waals surface area contributed by atoms with E-state index in [1.54, 1.807) is 0 Å². The number of rotatable bonds is 8. The fraction of sp³-hybridized carbons (Fsp3) is 0.692. The van der Waals surface area contributed by atoms with E-state index in [0.717, 1.165) is 19.3 Å². The molecule has 0 saturated heterocycles. The molecule has 0 atom stereocenters. The monoisotopic (exact) mass is 314 g/mol. The number of hydrogen-bond acceptors (Lipinski definition) is 6. The van der Waals surface area contributed by atoms with Crippen LogP contribution >= 0.6 is 0 Å². The summed E-state index contributed by atoms with van der Waals surface area (Å²) in [6.07, 6.45) is 5.91. The Hall–Kier alpha value is -1.25. The lowest BCUT2D eigenvalue weighted by molar-refractivity contribution is 0.198. The first-order valence-electron chi connectivity index (χ1n) is 7.28. The summed E-state index contributed by atoms with van der Waals surface area (Å²) in [6.45, 7) is 2.91. The molecule has 0 unspecified atom stereocenters. The van der Waals surface area contributed by atoms with Gasteiger partial charge in [-0.05, 0) is 26.2 Å². The second kappa shape index (κ2) is 7.15. The first-order chi connectivity index (χ1) is 10.1. The van der Waals surface area contributed by atoms with E-state index in [9.17, 15) is 8.42 Å². The smallest absolute Gasteiger partial charge is 0.246 e. The molecule has 0 bridgehead atoms. The Morgan fingerprint density at radius 2 is 2.05 bits per heavy atom. The van der Waals surface area contributed by atoms with Crippen LogP contribution in [0.1, 0.15) is 32.6 Å². The largest absolute Gasteiger partial charge is 0.396 e. The van der Waals surface area contributed by atoms with Crippen molar-refractivity contribution in [2.45, 2.75) is 43.5 Å². The molecule has 0 radical (unpaired) electrons. The van der Waals surface area contributed by atoms with Gasteiger partial charge in [0.15, 0.2) is 0 Å². The Balaban J connectivity index is 2.20. The van der Waals surface area contributed by atoms with Crippen molar-refractivity contribution >= 4 is 16.0 Å². The molecule has 0 aliphatic heterocycles. The zero-order valence-corrected chi connectivity index (χ0v) is 13.0. The minimum Gasteiger partial charge on any atom is -0.396 e. The maximum atomic E-state index is 12.7. The van der Waals surface area contributed by atoms with E-state index in [-0.39, 0.29) is 17.5 Å². The summed E-state index contributed by atoms with van der Waals surface area (Å²) in [5.74, 6) is 0.419. The Morgan fingerprint density at radius 3 is 2.52 bits per heavy atom. The molecule has 1 aliphatic carbocycles. The number of nitrogens with one attached hydrogen (secondary N) is 1. The van der Waals surface area contributed by atoms with Crippen molar-refractivity contribution in [1.82, 2.24) is 14.3 Å². The second-order valence-electron chi connectivity index (χ2n) is 5.05. The minimum atomic E-state index is -3.60. The number of sulfonamides is 1. The first kappa shape index (κ1) is 16.1. The van der Waals surface area contributed by atoms with Crippen LogP contribution in [0.5, 0.6) is 0 Å². The molecule has 2 rings (SSSR count). The molecule has 118 valence electrons. The van der Waals surface area contributed by atoms with Gasteiger partial charge in [0.25, 0.3) is 0 Å². The van der Waals surface area contributed by atoms with E-state index in [1.165, 1.54) is 16.7 Å². The Bertz CT molecular complexity index is 543. The molecule has 21 heavy (non-hydrogen) atoms. The van der Waals surface area contributed by atoms with Crippen molar-refractivity contribution in [3.8, 4) is 0 Å². The van der Waals surface area contributed by atoms with Crippen LogP contribution in [0.3, 0.4) is 0 Å².